The van der Waals surface area contributed by atoms with Crippen LogP contribution in [0.1, 0.15) is 21.3 Å². The molecule has 0 aliphatic heterocycles. The lowest BCUT2D eigenvalue weighted by Gasteiger charge is -1.62. The maximum absolute atomic E-state index is 2.00. The molecule has 0 amide bonds. The highest BCUT2D eigenvalue weighted by atomic mass is 13.6. The van der Waals surface area contributed by atoms with Crippen LogP contribution in [-0.4, -0.2) is 0 Å². The summed E-state index contributed by atoms with van der Waals surface area (Å²) in [5, 5.41) is 0. The van der Waals surface area contributed by atoms with E-state index in [2.05, 4.69) is 0 Å². The Bertz CT molecular complexity index is 48.4. The Labute approximate surface area is 46.6 Å². The maximum atomic E-state index is 2.00. The van der Waals surface area contributed by atoms with Crippen LogP contribution in [0.15, 0.2) is 24.3 Å². The molecule has 0 heteroatoms. The highest BCUT2D eigenvalue weighted by Gasteiger charge is 1.48. The van der Waals surface area contributed by atoms with E-state index in [1.807, 2.05) is 38.2 Å². The predicted molar refractivity (Wildman–Crippen MR) is 36.4 cm³/mol. The third-order valence-corrected chi connectivity index (χ3v) is 0.496. The zero-order chi connectivity index (χ0) is 4.83. The normalized spacial score (nSPS) is 10.0. The fourth-order valence-corrected chi connectivity index (χ4v) is 0.222. The fourth-order valence-electron chi connectivity index (χ4n) is 0.222. The smallest absolute Gasteiger partial charge is 0.0467 e. The van der Waals surface area contributed by atoms with E-state index in [4.69, 9.17) is 0 Å². The Hall–Kier alpha value is -0.520. The summed E-state index contributed by atoms with van der Waals surface area (Å²) in [6.45, 7) is 4.00. The van der Waals surface area contributed by atoms with Gasteiger partial charge in [0.1, 0.15) is 0 Å². The van der Waals surface area contributed by atoms with E-state index in [0.29, 0.717) is 0 Å². The van der Waals surface area contributed by atoms with Crippen LogP contribution >= 0.6 is 0 Å². The molecule has 0 atom stereocenters. The van der Waals surface area contributed by atoms with Gasteiger partial charge in [0.2, 0.25) is 0 Å². The van der Waals surface area contributed by atoms with E-state index < -0.39 is 0 Å². The minimum atomic E-state index is 0. The van der Waals surface area contributed by atoms with Gasteiger partial charge in [0.25, 0.3) is 0 Å². The van der Waals surface area contributed by atoms with Crippen LogP contribution in [0.2, 0.25) is 0 Å². The van der Waals surface area contributed by atoms with E-state index in [9.17, 15) is 0 Å². The van der Waals surface area contributed by atoms with Crippen molar-refractivity contribution in [3.8, 4) is 0 Å². The molecular formula is C7H14. The largest absolute Gasteiger partial charge is 0.0877 e. The summed E-state index contributed by atoms with van der Waals surface area (Å²) in [4.78, 5) is 0. The van der Waals surface area contributed by atoms with Gasteiger partial charge in [0.15, 0.2) is 0 Å². The third-order valence-electron chi connectivity index (χ3n) is 0.496. The molecule has 0 aliphatic rings. The fraction of sp³-hybridized carbons (Fsp3) is 0.429. The molecule has 0 rings (SSSR count). The Morgan fingerprint density at radius 2 is 1.14 bits per heavy atom. The van der Waals surface area contributed by atoms with Crippen LogP contribution in [0.5, 0.6) is 0 Å². The standard InChI is InChI=1S/C6H10.CH4/c1-3-5-6-4-2;/h3-6H,1-2H3;1H4/b5-3-,6-4-;. The van der Waals surface area contributed by atoms with Gasteiger partial charge in [-0.3, -0.25) is 0 Å². The highest BCUT2D eigenvalue weighted by Crippen LogP contribution is 1.71. The average molecular weight is 98.2 g/mol. The molecule has 0 aliphatic carbocycles. The summed E-state index contributed by atoms with van der Waals surface area (Å²) in [5.74, 6) is 0. The van der Waals surface area contributed by atoms with Crippen molar-refractivity contribution in [2.45, 2.75) is 21.3 Å². The van der Waals surface area contributed by atoms with Gasteiger partial charge in [-0.1, -0.05) is 31.7 Å². The van der Waals surface area contributed by atoms with Crippen LogP contribution < -0.4 is 0 Å². The summed E-state index contributed by atoms with van der Waals surface area (Å²) in [6.07, 6.45) is 8.00. The lowest BCUT2D eigenvalue weighted by molar-refractivity contribution is 1.69. The third kappa shape index (κ3) is 10.8. The molecule has 0 unspecified atom stereocenters. The van der Waals surface area contributed by atoms with Crippen LogP contribution in [0.25, 0.3) is 0 Å². The number of rotatable bonds is 1. The van der Waals surface area contributed by atoms with Gasteiger partial charge < -0.3 is 0 Å². The Morgan fingerprint density at radius 1 is 0.857 bits per heavy atom. The van der Waals surface area contributed by atoms with E-state index in [0.717, 1.165) is 0 Å². The molecule has 0 aromatic carbocycles. The first kappa shape index (κ1) is 9.70. The molecule has 7 heavy (non-hydrogen) atoms. The molecule has 0 radical (unpaired) electrons. The van der Waals surface area contributed by atoms with Gasteiger partial charge in [-0.15, -0.1) is 0 Å². The average Bonchev–Trinajstić information content (AvgIpc) is 1.61. The molecule has 0 N–H and O–H groups in total. The topological polar surface area (TPSA) is 0 Å². The number of allylic oxidation sites excluding steroid dienone is 4. The van der Waals surface area contributed by atoms with Crippen LogP contribution in [0, 0.1) is 0 Å². The molecule has 0 fully saturated rings. The lowest BCUT2D eigenvalue weighted by Crippen LogP contribution is -1.40. The SMILES string of the molecule is C.C/C=C\C=C/C. The van der Waals surface area contributed by atoms with Crippen molar-refractivity contribution in [3.05, 3.63) is 24.3 Å². The van der Waals surface area contributed by atoms with Crippen molar-refractivity contribution in [1.82, 2.24) is 0 Å². The molecule has 0 bridgehead atoms. The van der Waals surface area contributed by atoms with Crippen molar-refractivity contribution in [2.75, 3.05) is 0 Å². The number of hydrogen-bond donors (Lipinski definition) is 0. The predicted octanol–water partition coefficient (Wildman–Crippen LogP) is 2.77. The second-order valence-corrected chi connectivity index (χ2v) is 1.05. The lowest BCUT2D eigenvalue weighted by atomic mass is 10.5. The summed E-state index contributed by atoms with van der Waals surface area (Å²) in [6, 6.07) is 0. The van der Waals surface area contributed by atoms with Crippen molar-refractivity contribution >= 4 is 0 Å². The van der Waals surface area contributed by atoms with E-state index in [1.54, 1.807) is 0 Å². The van der Waals surface area contributed by atoms with E-state index >= 15 is 0 Å². The molecular weight excluding hydrogens is 84.1 g/mol. The molecule has 0 nitrogen and oxygen atoms in total. The van der Waals surface area contributed by atoms with E-state index in [1.165, 1.54) is 0 Å². The summed E-state index contributed by atoms with van der Waals surface area (Å²) in [5.41, 5.74) is 0. The van der Waals surface area contributed by atoms with Gasteiger partial charge in [-0.2, -0.15) is 0 Å². The summed E-state index contributed by atoms with van der Waals surface area (Å²) < 4.78 is 0. The molecule has 0 aromatic heterocycles. The van der Waals surface area contributed by atoms with Crippen LogP contribution in [0.3, 0.4) is 0 Å². The first-order valence-corrected chi connectivity index (χ1v) is 2.15. The maximum Gasteiger partial charge on any atom is -0.0467 e. The quantitative estimate of drug-likeness (QED) is 0.442. The second kappa shape index (κ2) is 9.08. The second-order valence-electron chi connectivity index (χ2n) is 1.05. The van der Waals surface area contributed by atoms with Crippen molar-refractivity contribution < 1.29 is 0 Å². The minimum absolute atomic E-state index is 0. The van der Waals surface area contributed by atoms with E-state index in [-0.39, 0.29) is 7.43 Å². The molecule has 0 spiro atoms. The van der Waals surface area contributed by atoms with Gasteiger partial charge >= 0.3 is 0 Å². The van der Waals surface area contributed by atoms with Crippen LogP contribution in [0.4, 0.5) is 0 Å². The minimum Gasteiger partial charge on any atom is -0.0877 e. The van der Waals surface area contributed by atoms with Crippen molar-refractivity contribution in [3.63, 3.8) is 0 Å². The first-order valence-electron chi connectivity index (χ1n) is 2.15. The monoisotopic (exact) mass is 98.1 g/mol. The van der Waals surface area contributed by atoms with Gasteiger partial charge in [-0.05, 0) is 13.8 Å². The Kier molecular flexibility index (Phi) is 12.6. The molecule has 0 aromatic rings. The number of hydrogen-bond acceptors (Lipinski definition) is 0. The van der Waals surface area contributed by atoms with Crippen molar-refractivity contribution in [1.29, 1.82) is 0 Å². The molecule has 0 saturated heterocycles. The first-order chi connectivity index (χ1) is 2.91. The highest BCUT2D eigenvalue weighted by molar-refractivity contribution is 4.98. The van der Waals surface area contributed by atoms with Gasteiger partial charge in [0, 0.05) is 0 Å². The summed E-state index contributed by atoms with van der Waals surface area (Å²) in [7, 11) is 0. The van der Waals surface area contributed by atoms with Gasteiger partial charge in [-0.25, -0.2) is 0 Å². The molecule has 42 valence electrons. The van der Waals surface area contributed by atoms with Gasteiger partial charge in [0.05, 0.1) is 0 Å². The van der Waals surface area contributed by atoms with Crippen molar-refractivity contribution in [2.24, 2.45) is 0 Å². The zero-order valence-electron chi connectivity index (χ0n) is 4.31. The summed E-state index contributed by atoms with van der Waals surface area (Å²) >= 11 is 0. The molecule has 0 heterocycles. The Balaban J connectivity index is 0. The Morgan fingerprint density at radius 3 is 1.29 bits per heavy atom. The zero-order valence-corrected chi connectivity index (χ0v) is 4.31. The van der Waals surface area contributed by atoms with Crippen LogP contribution in [-0.2, 0) is 0 Å². The molecule has 0 saturated carbocycles.